The van der Waals surface area contributed by atoms with Gasteiger partial charge in [-0.1, -0.05) is 6.07 Å². The maximum atomic E-state index is 11.3. The van der Waals surface area contributed by atoms with Gasteiger partial charge in [0.15, 0.2) is 0 Å². The van der Waals surface area contributed by atoms with Crippen LogP contribution >= 0.6 is 0 Å². The SMILES string of the molecule is COc1ccc2c(c1)C[C@@H]1CC(=O)O[C@]21C. The highest BCUT2D eigenvalue weighted by atomic mass is 16.6. The van der Waals surface area contributed by atoms with E-state index in [1.54, 1.807) is 7.11 Å². The third-order valence-corrected chi connectivity index (χ3v) is 3.83. The van der Waals surface area contributed by atoms with Gasteiger partial charge >= 0.3 is 5.97 Å². The van der Waals surface area contributed by atoms with E-state index in [4.69, 9.17) is 9.47 Å². The highest BCUT2D eigenvalue weighted by molar-refractivity contribution is 5.74. The number of ether oxygens (including phenoxy) is 2. The highest BCUT2D eigenvalue weighted by Crippen LogP contribution is 2.50. The Kier molecular flexibility index (Phi) is 1.82. The minimum absolute atomic E-state index is 0.0750. The number of rotatable bonds is 1. The van der Waals surface area contributed by atoms with Crippen molar-refractivity contribution in [1.29, 1.82) is 0 Å². The van der Waals surface area contributed by atoms with Gasteiger partial charge in [0.05, 0.1) is 13.5 Å². The average molecular weight is 218 g/mol. The molecule has 0 spiro atoms. The largest absolute Gasteiger partial charge is 0.497 e. The minimum Gasteiger partial charge on any atom is -0.497 e. The Bertz CT molecular complexity index is 466. The molecule has 16 heavy (non-hydrogen) atoms. The van der Waals surface area contributed by atoms with Crippen LogP contribution in [0.25, 0.3) is 0 Å². The van der Waals surface area contributed by atoms with Crippen molar-refractivity contribution in [2.45, 2.75) is 25.4 Å². The zero-order valence-corrected chi connectivity index (χ0v) is 9.45. The molecule has 0 aromatic heterocycles. The van der Waals surface area contributed by atoms with E-state index in [0.717, 1.165) is 17.7 Å². The Morgan fingerprint density at radius 2 is 2.25 bits per heavy atom. The molecule has 1 aliphatic heterocycles. The lowest BCUT2D eigenvalue weighted by molar-refractivity contribution is -0.148. The van der Waals surface area contributed by atoms with E-state index >= 15 is 0 Å². The average Bonchev–Trinajstić information content (AvgIpc) is 2.66. The van der Waals surface area contributed by atoms with Gasteiger partial charge < -0.3 is 9.47 Å². The van der Waals surface area contributed by atoms with Crippen LogP contribution in [0, 0.1) is 5.92 Å². The van der Waals surface area contributed by atoms with Crippen molar-refractivity contribution < 1.29 is 14.3 Å². The lowest BCUT2D eigenvalue weighted by Crippen LogP contribution is -2.24. The van der Waals surface area contributed by atoms with Crippen molar-refractivity contribution in [2.75, 3.05) is 7.11 Å². The van der Waals surface area contributed by atoms with Crippen LogP contribution in [0.4, 0.5) is 0 Å². The number of benzene rings is 1. The predicted octanol–water partition coefficient (Wildman–Crippen LogP) is 2.03. The number of carbonyl (C=O) groups excluding carboxylic acids is 1. The molecule has 1 aromatic rings. The van der Waals surface area contributed by atoms with Crippen LogP contribution in [0.3, 0.4) is 0 Å². The maximum Gasteiger partial charge on any atom is 0.307 e. The fourth-order valence-corrected chi connectivity index (χ4v) is 2.91. The van der Waals surface area contributed by atoms with Crippen molar-refractivity contribution in [1.82, 2.24) is 0 Å². The van der Waals surface area contributed by atoms with Crippen LogP contribution in [-0.4, -0.2) is 13.1 Å². The fourth-order valence-electron chi connectivity index (χ4n) is 2.91. The zero-order chi connectivity index (χ0) is 11.3. The van der Waals surface area contributed by atoms with Gasteiger partial charge in [0.25, 0.3) is 0 Å². The van der Waals surface area contributed by atoms with Gasteiger partial charge in [-0.2, -0.15) is 0 Å². The molecule has 0 amide bonds. The Balaban J connectivity index is 2.08. The van der Waals surface area contributed by atoms with Crippen LogP contribution in [0.5, 0.6) is 5.75 Å². The van der Waals surface area contributed by atoms with Gasteiger partial charge in [0.2, 0.25) is 0 Å². The summed E-state index contributed by atoms with van der Waals surface area (Å²) >= 11 is 0. The molecular weight excluding hydrogens is 204 g/mol. The van der Waals surface area contributed by atoms with Gasteiger partial charge in [-0.25, -0.2) is 0 Å². The van der Waals surface area contributed by atoms with Gasteiger partial charge in [-0.15, -0.1) is 0 Å². The highest BCUT2D eigenvalue weighted by Gasteiger charge is 2.51. The molecular formula is C13H14O3. The van der Waals surface area contributed by atoms with Gasteiger partial charge in [-0.05, 0) is 36.6 Å². The summed E-state index contributed by atoms with van der Waals surface area (Å²) in [6.45, 7) is 2.01. The van der Waals surface area contributed by atoms with E-state index in [1.807, 2.05) is 25.1 Å². The Hall–Kier alpha value is -1.51. The number of hydrogen-bond donors (Lipinski definition) is 0. The van der Waals surface area contributed by atoms with Crippen LogP contribution in [0.1, 0.15) is 24.5 Å². The first-order chi connectivity index (χ1) is 7.63. The summed E-state index contributed by atoms with van der Waals surface area (Å²) in [6.07, 6.45) is 1.45. The third kappa shape index (κ3) is 1.11. The van der Waals surface area contributed by atoms with Gasteiger partial charge in [-0.3, -0.25) is 4.79 Å². The molecule has 84 valence electrons. The molecule has 3 rings (SSSR count). The maximum absolute atomic E-state index is 11.3. The van der Waals surface area contributed by atoms with Crippen molar-refractivity contribution in [3.63, 3.8) is 0 Å². The first-order valence-electron chi connectivity index (χ1n) is 5.53. The normalized spacial score (nSPS) is 30.9. The second-order valence-electron chi connectivity index (χ2n) is 4.71. The second kappa shape index (κ2) is 3.00. The Morgan fingerprint density at radius 3 is 3.00 bits per heavy atom. The van der Waals surface area contributed by atoms with Crippen molar-refractivity contribution in [3.8, 4) is 5.75 Å². The van der Waals surface area contributed by atoms with E-state index in [9.17, 15) is 4.79 Å². The molecule has 0 unspecified atom stereocenters. The molecule has 3 heteroatoms. The smallest absolute Gasteiger partial charge is 0.307 e. The number of fused-ring (bicyclic) bond motifs is 3. The van der Waals surface area contributed by atoms with Crippen LogP contribution in [0.2, 0.25) is 0 Å². The third-order valence-electron chi connectivity index (χ3n) is 3.83. The molecule has 0 bridgehead atoms. The summed E-state index contributed by atoms with van der Waals surface area (Å²) in [4.78, 5) is 11.3. The Labute approximate surface area is 94.4 Å². The predicted molar refractivity (Wildman–Crippen MR) is 58.2 cm³/mol. The zero-order valence-electron chi connectivity index (χ0n) is 9.45. The van der Waals surface area contributed by atoms with E-state index < -0.39 is 5.60 Å². The van der Waals surface area contributed by atoms with E-state index in [-0.39, 0.29) is 5.97 Å². The molecule has 2 aliphatic rings. The van der Waals surface area contributed by atoms with E-state index in [1.165, 1.54) is 5.56 Å². The number of esters is 1. The molecule has 1 fully saturated rings. The number of methoxy groups -OCH3 is 1. The van der Waals surface area contributed by atoms with Gasteiger partial charge in [0.1, 0.15) is 11.4 Å². The number of hydrogen-bond acceptors (Lipinski definition) is 3. The molecule has 2 atom stereocenters. The molecule has 0 N–H and O–H groups in total. The summed E-state index contributed by atoms with van der Waals surface area (Å²) in [5, 5.41) is 0. The molecule has 1 aromatic carbocycles. The topological polar surface area (TPSA) is 35.5 Å². The number of carbonyl (C=O) groups is 1. The standard InChI is InChI=1S/C13H14O3/c1-13-9(7-12(14)16-13)5-8-6-10(15-2)3-4-11(8)13/h3-4,6,9H,5,7H2,1-2H3/t9-,13+/m1/s1. The van der Waals surface area contributed by atoms with Crippen molar-refractivity contribution >= 4 is 5.97 Å². The van der Waals surface area contributed by atoms with E-state index in [0.29, 0.717) is 12.3 Å². The lowest BCUT2D eigenvalue weighted by atomic mass is 9.89. The lowest BCUT2D eigenvalue weighted by Gasteiger charge is -2.23. The van der Waals surface area contributed by atoms with Crippen LogP contribution < -0.4 is 4.74 Å². The second-order valence-corrected chi connectivity index (χ2v) is 4.71. The van der Waals surface area contributed by atoms with Crippen LogP contribution in [-0.2, 0) is 21.6 Å². The summed E-state index contributed by atoms with van der Waals surface area (Å²) in [7, 11) is 1.67. The fraction of sp³-hybridized carbons (Fsp3) is 0.462. The first-order valence-corrected chi connectivity index (χ1v) is 5.53. The molecule has 3 nitrogen and oxygen atoms in total. The van der Waals surface area contributed by atoms with Crippen molar-refractivity contribution in [2.24, 2.45) is 5.92 Å². The Morgan fingerprint density at radius 1 is 1.44 bits per heavy atom. The molecule has 0 saturated carbocycles. The summed E-state index contributed by atoms with van der Waals surface area (Å²) in [5.74, 6) is 1.09. The minimum atomic E-state index is -0.404. The van der Waals surface area contributed by atoms with Crippen molar-refractivity contribution in [3.05, 3.63) is 29.3 Å². The molecule has 0 radical (unpaired) electrons. The van der Waals surface area contributed by atoms with Crippen LogP contribution in [0.15, 0.2) is 18.2 Å². The van der Waals surface area contributed by atoms with Gasteiger partial charge in [0, 0.05) is 5.92 Å². The molecule has 1 saturated heterocycles. The monoisotopic (exact) mass is 218 g/mol. The quantitative estimate of drug-likeness (QED) is 0.676. The molecule has 1 heterocycles. The summed E-state index contributed by atoms with van der Waals surface area (Å²) in [5.41, 5.74) is 1.99. The first kappa shape index (κ1) is 9.70. The summed E-state index contributed by atoms with van der Waals surface area (Å²) < 4.78 is 10.7. The molecule has 1 aliphatic carbocycles. The van der Waals surface area contributed by atoms with E-state index in [2.05, 4.69) is 0 Å². The summed E-state index contributed by atoms with van der Waals surface area (Å²) in [6, 6.07) is 6.00.